The number of hydrogen-bond acceptors (Lipinski definition) is 6. The van der Waals surface area contributed by atoms with E-state index in [-0.39, 0.29) is 11.9 Å². The van der Waals surface area contributed by atoms with Crippen LogP contribution in [-0.4, -0.2) is 66.2 Å². The minimum atomic E-state index is -0.0230. The van der Waals surface area contributed by atoms with Crippen LogP contribution in [0.25, 0.3) is 10.9 Å². The Labute approximate surface area is 188 Å². The van der Waals surface area contributed by atoms with E-state index in [1.807, 2.05) is 24.3 Å². The zero-order valence-corrected chi connectivity index (χ0v) is 18.2. The number of nitrogens with one attached hydrogen (secondary N) is 1. The van der Waals surface area contributed by atoms with E-state index >= 15 is 0 Å². The maximum Gasteiger partial charge on any atom is 0.251 e. The molecule has 2 saturated heterocycles. The van der Waals surface area contributed by atoms with E-state index in [1.54, 1.807) is 6.33 Å². The predicted octanol–water partition coefficient (Wildman–Crippen LogP) is 2.86. The van der Waals surface area contributed by atoms with E-state index in [4.69, 9.17) is 4.74 Å². The molecule has 7 heteroatoms. The summed E-state index contributed by atoms with van der Waals surface area (Å²) in [6, 6.07) is 16.5. The first-order valence-electron chi connectivity index (χ1n) is 11.4. The van der Waals surface area contributed by atoms with Crippen molar-refractivity contribution in [2.24, 2.45) is 0 Å². The van der Waals surface area contributed by atoms with Crippen LogP contribution in [0.2, 0.25) is 0 Å². The molecule has 2 aliphatic heterocycles. The van der Waals surface area contributed by atoms with Crippen molar-refractivity contribution in [2.45, 2.75) is 25.4 Å². The normalized spacial score (nSPS) is 18.1. The molecule has 0 unspecified atom stereocenters. The van der Waals surface area contributed by atoms with Crippen molar-refractivity contribution in [2.75, 3.05) is 44.3 Å². The van der Waals surface area contributed by atoms with Gasteiger partial charge in [-0.3, -0.25) is 9.69 Å². The Hall–Kier alpha value is -3.03. The van der Waals surface area contributed by atoms with Gasteiger partial charge in [-0.15, -0.1) is 0 Å². The third kappa shape index (κ3) is 4.74. The zero-order chi connectivity index (χ0) is 21.8. The van der Waals surface area contributed by atoms with Gasteiger partial charge in [0.05, 0.1) is 18.7 Å². The molecule has 0 atom stereocenters. The highest BCUT2D eigenvalue weighted by molar-refractivity contribution is 6.00. The van der Waals surface area contributed by atoms with Gasteiger partial charge < -0.3 is 15.0 Å². The van der Waals surface area contributed by atoms with Gasteiger partial charge in [0.25, 0.3) is 5.91 Å². The van der Waals surface area contributed by atoms with E-state index in [1.165, 1.54) is 5.56 Å². The van der Waals surface area contributed by atoms with E-state index in [2.05, 4.69) is 49.4 Å². The number of carbonyl (C=O) groups is 1. The third-order valence-electron chi connectivity index (χ3n) is 6.36. The first-order chi connectivity index (χ1) is 15.8. The Bertz CT molecular complexity index is 1060. The molecule has 7 nitrogen and oxygen atoms in total. The second-order valence-corrected chi connectivity index (χ2v) is 8.54. The summed E-state index contributed by atoms with van der Waals surface area (Å²) < 4.78 is 5.47. The first kappa shape index (κ1) is 20.8. The Balaban J connectivity index is 1.23. The van der Waals surface area contributed by atoms with E-state index in [9.17, 15) is 4.79 Å². The van der Waals surface area contributed by atoms with Crippen molar-refractivity contribution in [3.05, 3.63) is 66.0 Å². The summed E-state index contributed by atoms with van der Waals surface area (Å²) in [5.74, 6) is 0.854. The van der Waals surface area contributed by atoms with Gasteiger partial charge in [-0.25, -0.2) is 9.97 Å². The number of likely N-dealkylation sites (tertiary alicyclic amines) is 1. The topological polar surface area (TPSA) is 70.6 Å². The van der Waals surface area contributed by atoms with Crippen LogP contribution in [0.3, 0.4) is 0 Å². The molecule has 2 aliphatic rings. The summed E-state index contributed by atoms with van der Waals surface area (Å²) >= 11 is 0. The zero-order valence-electron chi connectivity index (χ0n) is 18.2. The van der Waals surface area contributed by atoms with Crippen LogP contribution in [0.4, 0.5) is 5.82 Å². The lowest BCUT2D eigenvalue weighted by atomic mass is 10.0. The summed E-state index contributed by atoms with van der Waals surface area (Å²) in [5, 5.41) is 4.16. The lowest BCUT2D eigenvalue weighted by Crippen LogP contribution is -2.44. The molecule has 1 amide bonds. The van der Waals surface area contributed by atoms with Crippen LogP contribution in [0.15, 0.2) is 54.9 Å². The molecular weight excluding hydrogens is 402 g/mol. The number of piperidine rings is 1. The first-order valence-corrected chi connectivity index (χ1v) is 11.4. The Morgan fingerprint density at radius 2 is 1.78 bits per heavy atom. The van der Waals surface area contributed by atoms with Crippen LogP contribution in [-0.2, 0) is 11.3 Å². The van der Waals surface area contributed by atoms with Crippen molar-refractivity contribution >= 4 is 22.6 Å². The van der Waals surface area contributed by atoms with Gasteiger partial charge in [-0.05, 0) is 36.6 Å². The summed E-state index contributed by atoms with van der Waals surface area (Å²) in [4.78, 5) is 26.6. The minimum absolute atomic E-state index is 0.0230. The van der Waals surface area contributed by atoms with Crippen molar-refractivity contribution < 1.29 is 9.53 Å². The minimum Gasteiger partial charge on any atom is -0.378 e. The molecule has 5 rings (SSSR count). The standard InChI is InChI=1S/C25H29N5O2/c31-25(28-21-8-10-29(11-9-21)17-19-4-2-1-3-5-19)20-6-7-23-22(16-20)24(27-18-26-23)30-12-14-32-15-13-30/h1-7,16,18,21H,8-15,17H2,(H,28,31). The number of benzene rings is 2. The van der Waals surface area contributed by atoms with Gasteiger partial charge in [0.2, 0.25) is 0 Å². The van der Waals surface area contributed by atoms with Crippen molar-refractivity contribution in [1.82, 2.24) is 20.2 Å². The predicted molar refractivity (Wildman–Crippen MR) is 125 cm³/mol. The van der Waals surface area contributed by atoms with Gasteiger partial charge >= 0.3 is 0 Å². The molecular formula is C25H29N5O2. The molecule has 0 radical (unpaired) electrons. The highest BCUT2D eigenvalue weighted by Gasteiger charge is 2.22. The third-order valence-corrected chi connectivity index (χ3v) is 6.36. The van der Waals surface area contributed by atoms with Crippen LogP contribution < -0.4 is 10.2 Å². The number of aromatic nitrogens is 2. The van der Waals surface area contributed by atoms with Gasteiger partial charge in [-0.1, -0.05) is 30.3 Å². The second-order valence-electron chi connectivity index (χ2n) is 8.54. The molecule has 1 aromatic heterocycles. The Morgan fingerprint density at radius 1 is 1.00 bits per heavy atom. The maximum atomic E-state index is 13.0. The number of carbonyl (C=O) groups excluding carboxylic acids is 1. The number of anilines is 1. The molecule has 2 fully saturated rings. The Morgan fingerprint density at radius 3 is 2.56 bits per heavy atom. The van der Waals surface area contributed by atoms with Gasteiger partial charge in [0.1, 0.15) is 12.1 Å². The van der Waals surface area contributed by atoms with Crippen molar-refractivity contribution in [1.29, 1.82) is 0 Å². The van der Waals surface area contributed by atoms with Crippen LogP contribution in [0.5, 0.6) is 0 Å². The summed E-state index contributed by atoms with van der Waals surface area (Å²) in [6.07, 6.45) is 3.53. The SMILES string of the molecule is O=C(NC1CCN(Cc2ccccc2)CC1)c1ccc2ncnc(N3CCOCC3)c2c1. The number of rotatable bonds is 5. The molecule has 0 bridgehead atoms. The fraction of sp³-hybridized carbons (Fsp3) is 0.400. The van der Waals surface area contributed by atoms with Gasteiger partial charge in [-0.2, -0.15) is 0 Å². The molecule has 0 aliphatic carbocycles. The fourth-order valence-electron chi connectivity index (χ4n) is 4.56. The van der Waals surface area contributed by atoms with E-state index in [0.29, 0.717) is 18.8 Å². The highest BCUT2D eigenvalue weighted by Crippen LogP contribution is 2.25. The van der Waals surface area contributed by atoms with Gasteiger partial charge in [0, 0.05) is 49.7 Å². The lowest BCUT2D eigenvalue weighted by Gasteiger charge is -2.32. The quantitative estimate of drug-likeness (QED) is 0.670. The lowest BCUT2D eigenvalue weighted by molar-refractivity contribution is 0.0909. The summed E-state index contributed by atoms with van der Waals surface area (Å²) in [5.41, 5.74) is 2.85. The molecule has 1 N–H and O–H groups in total. The number of ether oxygens (including phenoxy) is 1. The largest absolute Gasteiger partial charge is 0.378 e. The smallest absolute Gasteiger partial charge is 0.251 e. The number of nitrogens with zero attached hydrogens (tertiary/aromatic N) is 4. The van der Waals surface area contributed by atoms with Gasteiger partial charge in [0.15, 0.2) is 0 Å². The number of morpholine rings is 1. The molecule has 32 heavy (non-hydrogen) atoms. The number of amides is 1. The molecule has 3 heterocycles. The van der Waals surface area contributed by atoms with Crippen molar-refractivity contribution in [3.8, 4) is 0 Å². The molecule has 2 aromatic carbocycles. The van der Waals surface area contributed by atoms with Crippen LogP contribution in [0, 0.1) is 0 Å². The molecule has 3 aromatic rings. The summed E-state index contributed by atoms with van der Waals surface area (Å²) in [7, 11) is 0. The second kappa shape index (κ2) is 9.63. The van der Waals surface area contributed by atoms with Crippen molar-refractivity contribution in [3.63, 3.8) is 0 Å². The highest BCUT2D eigenvalue weighted by atomic mass is 16.5. The number of hydrogen-bond donors (Lipinski definition) is 1. The summed E-state index contributed by atoms with van der Waals surface area (Å²) in [6.45, 7) is 5.92. The average Bonchev–Trinajstić information content (AvgIpc) is 2.86. The maximum absolute atomic E-state index is 13.0. The monoisotopic (exact) mass is 431 g/mol. The van der Waals surface area contributed by atoms with Crippen LogP contribution in [0.1, 0.15) is 28.8 Å². The molecule has 0 spiro atoms. The van der Waals surface area contributed by atoms with E-state index < -0.39 is 0 Å². The Kier molecular flexibility index (Phi) is 6.27. The molecule has 0 saturated carbocycles. The van der Waals surface area contributed by atoms with E-state index in [0.717, 1.165) is 62.3 Å². The number of fused-ring (bicyclic) bond motifs is 1. The molecule has 166 valence electrons. The fourth-order valence-corrected chi connectivity index (χ4v) is 4.56. The van der Waals surface area contributed by atoms with Crippen LogP contribution >= 0.6 is 0 Å². The average molecular weight is 432 g/mol.